The second-order valence-corrected chi connectivity index (χ2v) is 5.78. The Balaban J connectivity index is 2.15. The van der Waals surface area contributed by atoms with Gasteiger partial charge in [0.25, 0.3) is 0 Å². The zero-order valence-electron chi connectivity index (χ0n) is 12.9. The van der Waals surface area contributed by atoms with E-state index in [0.29, 0.717) is 6.54 Å². The molecule has 0 saturated heterocycles. The predicted molar refractivity (Wildman–Crippen MR) is 80.5 cm³/mol. The van der Waals surface area contributed by atoms with Crippen LogP contribution in [0, 0.1) is 11.8 Å². The maximum Gasteiger partial charge on any atom is 0.310 e. The molecule has 1 aromatic carbocycles. The van der Waals surface area contributed by atoms with Gasteiger partial charge in [-0.25, -0.2) is 0 Å². The van der Waals surface area contributed by atoms with Gasteiger partial charge in [0.1, 0.15) is 0 Å². The quantitative estimate of drug-likeness (QED) is 0.757. The van der Waals surface area contributed by atoms with Crippen molar-refractivity contribution in [2.75, 3.05) is 13.7 Å². The van der Waals surface area contributed by atoms with Gasteiger partial charge in [-0.05, 0) is 25.3 Å². The largest absolute Gasteiger partial charge is 0.469 e. The molecule has 0 aliphatic heterocycles. The fourth-order valence-electron chi connectivity index (χ4n) is 2.49. The Kier molecular flexibility index (Phi) is 4.99. The number of benzene rings is 1. The molecule has 1 saturated carbocycles. The van der Waals surface area contributed by atoms with Gasteiger partial charge in [-0.3, -0.25) is 9.59 Å². The number of ether oxygens (including phenoxy) is 1. The van der Waals surface area contributed by atoms with Gasteiger partial charge in [-0.2, -0.15) is 0 Å². The summed E-state index contributed by atoms with van der Waals surface area (Å²) in [6, 6.07) is 9.89. The molecule has 0 aromatic heterocycles. The predicted octanol–water partition coefficient (Wildman–Crippen LogP) is 2.80. The maximum absolute atomic E-state index is 12.5. The first-order valence-corrected chi connectivity index (χ1v) is 7.47. The van der Waals surface area contributed by atoms with Crippen LogP contribution in [0.15, 0.2) is 30.3 Å². The molecule has 0 heterocycles. The van der Waals surface area contributed by atoms with Gasteiger partial charge in [0.2, 0.25) is 5.91 Å². The molecule has 21 heavy (non-hydrogen) atoms. The van der Waals surface area contributed by atoms with Crippen LogP contribution in [0.3, 0.4) is 0 Å². The van der Waals surface area contributed by atoms with Crippen molar-refractivity contribution < 1.29 is 14.3 Å². The van der Waals surface area contributed by atoms with Gasteiger partial charge >= 0.3 is 5.97 Å². The summed E-state index contributed by atoms with van der Waals surface area (Å²) in [5.74, 6) is -0.296. The molecule has 0 radical (unpaired) electrons. The van der Waals surface area contributed by atoms with Crippen LogP contribution < -0.4 is 0 Å². The number of hydrogen-bond donors (Lipinski definition) is 0. The summed E-state index contributed by atoms with van der Waals surface area (Å²) in [5.41, 5.74) is 1.09. The van der Waals surface area contributed by atoms with E-state index < -0.39 is 0 Å². The summed E-state index contributed by atoms with van der Waals surface area (Å²) in [5, 5.41) is 0. The highest BCUT2D eigenvalue weighted by molar-refractivity contribution is 5.82. The van der Waals surface area contributed by atoms with Crippen LogP contribution in [0.1, 0.15) is 38.3 Å². The summed E-state index contributed by atoms with van der Waals surface area (Å²) >= 11 is 0. The minimum atomic E-state index is -0.316. The van der Waals surface area contributed by atoms with Gasteiger partial charge in [-0.15, -0.1) is 0 Å². The topological polar surface area (TPSA) is 46.6 Å². The van der Waals surface area contributed by atoms with Crippen LogP contribution in [0.2, 0.25) is 0 Å². The van der Waals surface area contributed by atoms with E-state index in [4.69, 9.17) is 4.74 Å². The van der Waals surface area contributed by atoms with Crippen LogP contribution in [0.4, 0.5) is 0 Å². The molecular formula is C17H23NO3. The third-order valence-electron chi connectivity index (χ3n) is 4.03. The van der Waals surface area contributed by atoms with Crippen LogP contribution in [-0.2, 0) is 14.3 Å². The highest BCUT2D eigenvalue weighted by Gasteiger charge is 2.36. The van der Waals surface area contributed by atoms with Crippen LogP contribution in [0.5, 0.6) is 0 Å². The lowest BCUT2D eigenvalue weighted by atomic mass is 10.0. The van der Waals surface area contributed by atoms with Crippen molar-refractivity contribution in [2.24, 2.45) is 11.8 Å². The van der Waals surface area contributed by atoms with Crippen LogP contribution in [0.25, 0.3) is 0 Å². The van der Waals surface area contributed by atoms with E-state index in [1.807, 2.05) is 42.2 Å². The highest BCUT2D eigenvalue weighted by Crippen LogP contribution is 2.34. The molecule has 2 unspecified atom stereocenters. The summed E-state index contributed by atoms with van der Waals surface area (Å²) < 4.78 is 4.78. The monoisotopic (exact) mass is 289 g/mol. The first-order chi connectivity index (χ1) is 10.0. The summed E-state index contributed by atoms with van der Waals surface area (Å²) in [7, 11) is 1.38. The Bertz CT molecular complexity index is 496. The lowest BCUT2D eigenvalue weighted by Gasteiger charge is -2.31. The minimum Gasteiger partial charge on any atom is -0.469 e. The molecule has 0 spiro atoms. The Morgan fingerprint density at radius 2 is 1.86 bits per heavy atom. The molecule has 1 aliphatic carbocycles. The molecule has 1 amide bonds. The van der Waals surface area contributed by atoms with E-state index in [-0.39, 0.29) is 29.8 Å². The van der Waals surface area contributed by atoms with Gasteiger partial charge in [0.15, 0.2) is 0 Å². The summed E-state index contributed by atoms with van der Waals surface area (Å²) in [6.45, 7) is 4.22. The summed E-state index contributed by atoms with van der Waals surface area (Å²) in [6.07, 6.45) is 1.92. The fourth-order valence-corrected chi connectivity index (χ4v) is 2.49. The zero-order chi connectivity index (χ0) is 15.4. The maximum atomic E-state index is 12.5. The molecular weight excluding hydrogens is 266 g/mol. The van der Waals surface area contributed by atoms with Crippen LogP contribution in [-0.4, -0.2) is 30.4 Å². The van der Waals surface area contributed by atoms with Crippen molar-refractivity contribution in [3.05, 3.63) is 35.9 Å². The van der Waals surface area contributed by atoms with Gasteiger partial charge < -0.3 is 9.64 Å². The fraction of sp³-hybridized carbons (Fsp3) is 0.529. The number of esters is 1. The van der Waals surface area contributed by atoms with Crippen molar-refractivity contribution in [1.29, 1.82) is 0 Å². The molecule has 0 N–H and O–H groups in total. The number of carbonyl (C=O) groups is 2. The Labute approximate surface area is 126 Å². The standard InChI is InChI=1S/C17H23NO3/c1-12(17(20)21-3)11-18(16(19)15-9-10-15)13(2)14-7-5-4-6-8-14/h4-8,12-13,15H,9-11H2,1-3H3. The van der Waals surface area contributed by atoms with E-state index in [0.717, 1.165) is 18.4 Å². The lowest BCUT2D eigenvalue weighted by Crippen LogP contribution is -2.39. The van der Waals surface area contributed by atoms with Gasteiger partial charge in [-0.1, -0.05) is 37.3 Å². The average Bonchev–Trinajstić information content (AvgIpc) is 3.35. The van der Waals surface area contributed by atoms with Crippen molar-refractivity contribution in [3.63, 3.8) is 0 Å². The lowest BCUT2D eigenvalue weighted by molar-refractivity contribution is -0.147. The number of amides is 1. The number of carbonyl (C=O) groups excluding carboxylic acids is 2. The van der Waals surface area contributed by atoms with Gasteiger partial charge in [0.05, 0.1) is 19.1 Å². The average molecular weight is 289 g/mol. The van der Waals surface area contributed by atoms with Crippen molar-refractivity contribution in [1.82, 2.24) is 4.90 Å². The molecule has 0 bridgehead atoms. The molecule has 114 valence electrons. The molecule has 2 rings (SSSR count). The zero-order valence-corrected chi connectivity index (χ0v) is 12.9. The molecule has 1 aliphatic rings. The number of rotatable bonds is 6. The Morgan fingerprint density at radius 3 is 2.38 bits per heavy atom. The van der Waals surface area contributed by atoms with E-state index in [2.05, 4.69) is 0 Å². The number of nitrogens with zero attached hydrogens (tertiary/aromatic N) is 1. The van der Waals surface area contributed by atoms with E-state index in [1.54, 1.807) is 6.92 Å². The van der Waals surface area contributed by atoms with E-state index in [1.165, 1.54) is 7.11 Å². The van der Waals surface area contributed by atoms with Crippen LogP contribution >= 0.6 is 0 Å². The Morgan fingerprint density at radius 1 is 1.24 bits per heavy atom. The normalized spacial score (nSPS) is 16.9. The van der Waals surface area contributed by atoms with Crippen molar-refractivity contribution >= 4 is 11.9 Å². The van der Waals surface area contributed by atoms with Crippen molar-refractivity contribution in [3.8, 4) is 0 Å². The minimum absolute atomic E-state index is 0.0357. The highest BCUT2D eigenvalue weighted by atomic mass is 16.5. The van der Waals surface area contributed by atoms with Gasteiger partial charge in [0, 0.05) is 12.5 Å². The first-order valence-electron chi connectivity index (χ1n) is 7.47. The third kappa shape index (κ3) is 3.84. The van der Waals surface area contributed by atoms with Crippen molar-refractivity contribution in [2.45, 2.75) is 32.7 Å². The second-order valence-electron chi connectivity index (χ2n) is 5.78. The Hall–Kier alpha value is -1.84. The SMILES string of the molecule is COC(=O)C(C)CN(C(=O)C1CC1)C(C)c1ccccc1. The molecule has 1 aromatic rings. The molecule has 1 fully saturated rings. The third-order valence-corrected chi connectivity index (χ3v) is 4.03. The molecule has 4 nitrogen and oxygen atoms in total. The van der Waals surface area contributed by atoms with E-state index in [9.17, 15) is 9.59 Å². The molecule has 2 atom stereocenters. The smallest absolute Gasteiger partial charge is 0.310 e. The summed E-state index contributed by atoms with van der Waals surface area (Å²) in [4.78, 5) is 26.0. The number of hydrogen-bond acceptors (Lipinski definition) is 3. The first kappa shape index (κ1) is 15.5. The molecule has 4 heteroatoms. The second kappa shape index (κ2) is 6.74. The van der Waals surface area contributed by atoms with E-state index >= 15 is 0 Å². The number of methoxy groups -OCH3 is 1.